The van der Waals surface area contributed by atoms with Crippen LogP contribution in [0, 0.1) is 11.8 Å². The summed E-state index contributed by atoms with van der Waals surface area (Å²) in [4.78, 5) is 21.7. The smallest absolute Gasteiger partial charge is 0.316 e. The normalized spacial score (nSPS) is 12.8. The molecule has 0 radical (unpaired) electrons. The maximum atomic E-state index is 11.1. The van der Waals surface area contributed by atoms with Crippen molar-refractivity contribution in [2.75, 3.05) is 0 Å². The van der Waals surface area contributed by atoms with Crippen LogP contribution in [-0.2, 0) is 9.59 Å². The van der Waals surface area contributed by atoms with Crippen LogP contribution in [0.1, 0.15) is 110 Å². The fourth-order valence-corrected chi connectivity index (χ4v) is 4.03. The Morgan fingerprint density at radius 3 is 1.96 bits per heavy atom. The van der Waals surface area contributed by atoms with Crippen LogP contribution in [0.2, 0.25) is 0 Å². The van der Waals surface area contributed by atoms with Crippen LogP contribution in [0.15, 0.2) is 0 Å². The number of carboxylic acids is 2. The Morgan fingerprint density at radius 1 is 0.857 bits per heavy atom. The van der Waals surface area contributed by atoms with Gasteiger partial charge in [0.1, 0.15) is 5.25 Å². The number of hydrogen-bond acceptors (Lipinski definition) is 3. The molecule has 0 amide bonds. The molecule has 5 heteroatoms. The topological polar surface area (TPSA) is 74.6 Å². The molecule has 0 spiro atoms. The van der Waals surface area contributed by atoms with Crippen LogP contribution in [0.5, 0.6) is 0 Å². The van der Waals surface area contributed by atoms with E-state index in [-0.39, 0.29) is 11.7 Å². The summed E-state index contributed by atoms with van der Waals surface area (Å²) in [5, 5.41) is 17.3. The van der Waals surface area contributed by atoms with Gasteiger partial charge in [-0.15, -0.1) is 17.7 Å². The van der Waals surface area contributed by atoms with E-state index in [1.807, 2.05) is 0 Å². The van der Waals surface area contributed by atoms with Crippen LogP contribution in [0.25, 0.3) is 0 Å². The highest BCUT2D eigenvalue weighted by Crippen LogP contribution is 2.22. The molecule has 2 unspecified atom stereocenters. The van der Waals surface area contributed by atoms with E-state index in [0.717, 1.165) is 25.7 Å². The highest BCUT2D eigenvalue weighted by Gasteiger charge is 2.17. The molecule has 0 aromatic heterocycles. The summed E-state index contributed by atoms with van der Waals surface area (Å²) in [7, 11) is 0. The zero-order valence-corrected chi connectivity index (χ0v) is 18.7. The van der Waals surface area contributed by atoms with Crippen molar-refractivity contribution in [3.8, 4) is 11.8 Å². The maximum Gasteiger partial charge on any atom is 0.316 e. The zero-order valence-electron chi connectivity index (χ0n) is 17.9. The second-order valence-electron chi connectivity index (χ2n) is 7.50. The summed E-state index contributed by atoms with van der Waals surface area (Å²) in [6, 6.07) is 0. The Morgan fingerprint density at radius 2 is 1.43 bits per heavy atom. The van der Waals surface area contributed by atoms with E-state index in [1.165, 1.54) is 69.5 Å². The molecular formula is C23H40O4S. The highest BCUT2D eigenvalue weighted by atomic mass is 32.2. The number of carbonyl (C=O) groups is 2. The van der Waals surface area contributed by atoms with Crippen LogP contribution in [-0.4, -0.2) is 32.7 Å². The van der Waals surface area contributed by atoms with Gasteiger partial charge in [0.15, 0.2) is 0 Å². The minimum Gasteiger partial charge on any atom is -0.481 e. The monoisotopic (exact) mass is 412 g/mol. The van der Waals surface area contributed by atoms with Gasteiger partial charge in [-0.25, -0.2) is 0 Å². The lowest BCUT2D eigenvalue weighted by Gasteiger charge is -2.13. The average Bonchev–Trinajstić information content (AvgIpc) is 2.65. The van der Waals surface area contributed by atoms with E-state index in [0.29, 0.717) is 6.42 Å². The fraction of sp³-hybridized carbons (Fsp3) is 0.826. The van der Waals surface area contributed by atoms with Gasteiger partial charge in [0.25, 0.3) is 0 Å². The third-order valence-electron chi connectivity index (χ3n) is 4.74. The van der Waals surface area contributed by atoms with Crippen molar-refractivity contribution < 1.29 is 19.8 Å². The van der Waals surface area contributed by atoms with Crippen molar-refractivity contribution in [2.45, 2.75) is 121 Å². The summed E-state index contributed by atoms with van der Waals surface area (Å²) in [6.07, 6.45) is 16.2. The molecule has 162 valence electrons. The standard InChI is InChI=1S/C23H40O4S/c1-3-4-5-6-7-8-9-10-11-12-13-14-17-21(28-20(2)23(26)27)18-15-16-19-22(24)25/h20-21H,3-13,15-16,18-19H2,1-2H3,(H,24,25)(H,26,27). The Labute approximate surface area is 176 Å². The predicted octanol–water partition coefficient (Wildman–Crippen LogP) is 6.52. The van der Waals surface area contributed by atoms with Crippen molar-refractivity contribution >= 4 is 23.7 Å². The van der Waals surface area contributed by atoms with Crippen LogP contribution in [0.4, 0.5) is 0 Å². The first-order valence-electron chi connectivity index (χ1n) is 11.1. The van der Waals surface area contributed by atoms with Crippen molar-refractivity contribution in [2.24, 2.45) is 0 Å². The summed E-state index contributed by atoms with van der Waals surface area (Å²) < 4.78 is 0. The number of rotatable bonds is 18. The third-order valence-corrected chi connectivity index (χ3v) is 6.03. The molecule has 0 bridgehead atoms. The van der Waals surface area contributed by atoms with Gasteiger partial charge in [0, 0.05) is 12.8 Å². The quantitative estimate of drug-likeness (QED) is 0.198. The lowest BCUT2D eigenvalue weighted by Crippen LogP contribution is -2.16. The summed E-state index contributed by atoms with van der Waals surface area (Å²) in [5.41, 5.74) is 0. The number of carboxylic acid groups (broad SMARTS) is 2. The Hall–Kier alpha value is -1.15. The van der Waals surface area contributed by atoms with E-state index in [1.54, 1.807) is 6.92 Å². The molecular weight excluding hydrogens is 372 g/mol. The van der Waals surface area contributed by atoms with Gasteiger partial charge in [0.2, 0.25) is 0 Å². The SMILES string of the molecule is CCCCCCCCCCCCC#CC(CCCCC(=O)O)SC(C)C(=O)O. The van der Waals surface area contributed by atoms with Crippen molar-refractivity contribution in [1.82, 2.24) is 0 Å². The van der Waals surface area contributed by atoms with Crippen molar-refractivity contribution in [3.05, 3.63) is 0 Å². The van der Waals surface area contributed by atoms with Crippen LogP contribution < -0.4 is 0 Å². The molecule has 0 aromatic rings. The first-order valence-corrected chi connectivity index (χ1v) is 12.0. The molecule has 0 fully saturated rings. The van der Waals surface area contributed by atoms with Gasteiger partial charge in [-0.3, -0.25) is 9.59 Å². The Balaban J connectivity index is 3.96. The van der Waals surface area contributed by atoms with E-state index in [2.05, 4.69) is 18.8 Å². The molecule has 0 saturated heterocycles. The highest BCUT2D eigenvalue weighted by molar-refractivity contribution is 8.01. The lowest BCUT2D eigenvalue weighted by molar-refractivity contribution is -0.137. The van der Waals surface area contributed by atoms with E-state index in [4.69, 9.17) is 10.2 Å². The molecule has 4 nitrogen and oxygen atoms in total. The summed E-state index contributed by atoms with van der Waals surface area (Å²) in [6.45, 7) is 3.93. The predicted molar refractivity (Wildman–Crippen MR) is 119 cm³/mol. The lowest BCUT2D eigenvalue weighted by atomic mass is 10.1. The summed E-state index contributed by atoms with van der Waals surface area (Å²) in [5.74, 6) is 4.85. The second kappa shape index (κ2) is 19.2. The van der Waals surface area contributed by atoms with Gasteiger partial charge in [-0.2, -0.15) is 0 Å². The van der Waals surface area contributed by atoms with Crippen molar-refractivity contribution in [3.63, 3.8) is 0 Å². The molecule has 0 rings (SSSR count). The minimum absolute atomic E-state index is 0.0250. The summed E-state index contributed by atoms with van der Waals surface area (Å²) >= 11 is 1.37. The largest absolute Gasteiger partial charge is 0.481 e. The van der Waals surface area contributed by atoms with E-state index in [9.17, 15) is 9.59 Å². The van der Waals surface area contributed by atoms with Gasteiger partial charge in [-0.05, 0) is 26.2 Å². The third kappa shape index (κ3) is 18.2. The number of hydrogen-bond donors (Lipinski definition) is 2. The molecule has 0 aliphatic heterocycles. The average molecular weight is 413 g/mol. The van der Waals surface area contributed by atoms with Crippen LogP contribution in [0.3, 0.4) is 0 Å². The first-order chi connectivity index (χ1) is 13.5. The molecule has 0 heterocycles. The fourth-order valence-electron chi connectivity index (χ4n) is 2.97. The van der Waals surface area contributed by atoms with Crippen molar-refractivity contribution in [1.29, 1.82) is 0 Å². The molecule has 0 saturated carbocycles. The van der Waals surface area contributed by atoms with E-state index >= 15 is 0 Å². The molecule has 28 heavy (non-hydrogen) atoms. The van der Waals surface area contributed by atoms with Gasteiger partial charge < -0.3 is 10.2 Å². The Bertz CT molecular complexity index is 467. The van der Waals surface area contributed by atoms with Gasteiger partial charge in [-0.1, -0.05) is 77.1 Å². The number of thioether (sulfide) groups is 1. The molecule has 0 aliphatic carbocycles. The molecule has 2 N–H and O–H groups in total. The zero-order chi connectivity index (χ0) is 21.0. The van der Waals surface area contributed by atoms with Gasteiger partial charge >= 0.3 is 11.9 Å². The maximum absolute atomic E-state index is 11.1. The van der Waals surface area contributed by atoms with E-state index < -0.39 is 17.2 Å². The van der Waals surface area contributed by atoms with Gasteiger partial charge in [0.05, 0.1) is 5.25 Å². The van der Waals surface area contributed by atoms with Crippen LogP contribution >= 0.6 is 11.8 Å². The first kappa shape index (κ1) is 26.9. The minimum atomic E-state index is -0.822. The molecule has 0 aromatic carbocycles. The molecule has 2 atom stereocenters. The number of unbranched alkanes of at least 4 members (excludes halogenated alkanes) is 11. The second-order valence-corrected chi connectivity index (χ2v) is 9.05. The molecule has 0 aliphatic rings. The number of aliphatic carboxylic acids is 2. The Kier molecular flexibility index (Phi) is 18.4.